The number of benzene rings is 1. The second-order valence-electron chi connectivity index (χ2n) is 3.82. The third-order valence-corrected chi connectivity index (χ3v) is 2.62. The van der Waals surface area contributed by atoms with Gasteiger partial charge in [0, 0.05) is 0 Å². The number of hydrogen-bond donors (Lipinski definition) is 1. The Balaban J connectivity index is 2.09. The molecule has 0 amide bonds. The lowest BCUT2D eigenvalue weighted by Crippen LogP contribution is -2.22. The van der Waals surface area contributed by atoms with Crippen LogP contribution < -0.4 is 5.32 Å². The standard InChI is InChI=1S/C14H17NO/c1-2-15-13(14-9-6-10-16-14)11-12-7-4-3-5-8-12/h3-10,13,15H,2,11H2,1H3/t13-/m0/s1. The van der Waals surface area contributed by atoms with Crippen molar-refractivity contribution in [3.05, 3.63) is 60.1 Å². The van der Waals surface area contributed by atoms with Crippen molar-refractivity contribution in [3.8, 4) is 0 Å². The van der Waals surface area contributed by atoms with Crippen LogP contribution in [0.15, 0.2) is 53.1 Å². The molecule has 0 aliphatic rings. The maximum atomic E-state index is 5.46. The Labute approximate surface area is 96.3 Å². The fourth-order valence-electron chi connectivity index (χ4n) is 1.86. The van der Waals surface area contributed by atoms with Crippen LogP contribution in [0, 0.1) is 0 Å². The summed E-state index contributed by atoms with van der Waals surface area (Å²) in [5.41, 5.74) is 1.32. The zero-order valence-electron chi connectivity index (χ0n) is 9.52. The molecule has 2 heteroatoms. The van der Waals surface area contributed by atoms with Crippen LogP contribution in [0.4, 0.5) is 0 Å². The average molecular weight is 215 g/mol. The van der Waals surface area contributed by atoms with Gasteiger partial charge in [0.1, 0.15) is 5.76 Å². The first kappa shape index (κ1) is 11.0. The van der Waals surface area contributed by atoms with E-state index in [4.69, 9.17) is 4.42 Å². The van der Waals surface area contributed by atoms with Gasteiger partial charge in [-0.1, -0.05) is 37.3 Å². The van der Waals surface area contributed by atoms with Crippen LogP contribution in [-0.2, 0) is 6.42 Å². The first-order valence-electron chi connectivity index (χ1n) is 5.71. The molecule has 2 nitrogen and oxygen atoms in total. The predicted octanol–water partition coefficient (Wildman–Crippen LogP) is 3.17. The highest BCUT2D eigenvalue weighted by molar-refractivity contribution is 5.18. The van der Waals surface area contributed by atoms with E-state index in [0.29, 0.717) is 0 Å². The quantitative estimate of drug-likeness (QED) is 0.828. The predicted molar refractivity (Wildman–Crippen MR) is 65.3 cm³/mol. The average Bonchev–Trinajstić information content (AvgIpc) is 2.83. The summed E-state index contributed by atoms with van der Waals surface area (Å²) in [5, 5.41) is 3.44. The summed E-state index contributed by atoms with van der Waals surface area (Å²) >= 11 is 0. The van der Waals surface area contributed by atoms with E-state index in [9.17, 15) is 0 Å². The Kier molecular flexibility index (Phi) is 3.78. The number of likely N-dealkylation sites (N-methyl/N-ethyl adjacent to an activating group) is 1. The second kappa shape index (κ2) is 5.52. The van der Waals surface area contributed by atoms with Gasteiger partial charge in [-0.2, -0.15) is 0 Å². The molecule has 16 heavy (non-hydrogen) atoms. The van der Waals surface area contributed by atoms with E-state index in [0.717, 1.165) is 18.7 Å². The molecule has 84 valence electrons. The smallest absolute Gasteiger partial charge is 0.121 e. The Morgan fingerprint density at radius 3 is 2.56 bits per heavy atom. The summed E-state index contributed by atoms with van der Waals surface area (Å²) in [7, 11) is 0. The molecule has 0 fully saturated rings. The zero-order valence-corrected chi connectivity index (χ0v) is 9.52. The van der Waals surface area contributed by atoms with Crippen molar-refractivity contribution in [2.75, 3.05) is 6.54 Å². The van der Waals surface area contributed by atoms with Crippen molar-refractivity contribution in [2.45, 2.75) is 19.4 Å². The highest BCUT2D eigenvalue weighted by atomic mass is 16.3. The van der Waals surface area contributed by atoms with Crippen molar-refractivity contribution in [1.29, 1.82) is 0 Å². The number of rotatable bonds is 5. The summed E-state index contributed by atoms with van der Waals surface area (Å²) in [5.74, 6) is 1.01. The molecule has 0 spiro atoms. The van der Waals surface area contributed by atoms with Gasteiger partial charge in [-0.25, -0.2) is 0 Å². The lowest BCUT2D eigenvalue weighted by molar-refractivity contribution is 0.416. The molecule has 0 aliphatic carbocycles. The van der Waals surface area contributed by atoms with Gasteiger partial charge in [-0.15, -0.1) is 0 Å². The van der Waals surface area contributed by atoms with Crippen molar-refractivity contribution in [2.24, 2.45) is 0 Å². The summed E-state index contributed by atoms with van der Waals surface area (Å²) in [6.07, 6.45) is 2.69. The minimum atomic E-state index is 0.266. The van der Waals surface area contributed by atoms with Gasteiger partial charge in [-0.3, -0.25) is 0 Å². The molecular formula is C14H17NO. The topological polar surface area (TPSA) is 25.2 Å². The highest BCUT2D eigenvalue weighted by Gasteiger charge is 2.13. The van der Waals surface area contributed by atoms with Crippen molar-refractivity contribution in [1.82, 2.24) is 5.32 Å². The molecule has 2 aromatic rings. The van der Waals surface area contributed by atoms with Gasteiger partial charge in [0.15, 0.2) is 0 Å². The van der Waals surface area contributed by atoms with Gasteiger partial charge >= 0.3 is 0 Å². The maximum Gasteiger partial charge on any atom is 0.121 e. The van der Waals surface area contributed by atoms with Crippen LogP contribution in [0.25, 0.3) is 0 Å². The van der Waals surface area contributed by atoms with Crippen LogP contribution in [0.1, 0.15) is 24.3 Å². The lowest BCUT2D eigenvalue weighted by atomic mass is 10.0. The Hall–Kier alpha value is -1.54. The Bertz CT molecular complexity index is 394. The molecule has 0 unspecified atom stereocenters. The van der Waals surface area contributed by atoms with Crippen molar-refractivity contribution < 1.29 is 4.42 Å². The molecule has 2 rings (SSSR count). The largest absolute Gasteiger partial charge is 0.468 e. The molecule has 0 saturated heterocycles. The fourth-order valence-corrected chi connectivity index (χ4v) is 1.86. The molecule has 1 N–H and O–H groups in total. The van der Waals surface area contributed by atoms with Crippen LogP contribution in [0.3, 0.4) is 0 Å². The molecule has 1 heterocycles. The van der Waals surface area contributed by atoms with E-state index in [1.807, 2.05) is 18.2 Å². The molecule has 1 aromatic heterocycles. The van der Waals surface area contributed by atoms with Crippen molar-refractivity contribution >= 4 is 0 Å². The third kappa shape index (κ3) is 2.74. The van der Waals surface area contributed by atoms with Gasteiger partial charge in [0.2, 0.25) is 0 Å². The third-order valence-electron chi connectivity index (χ3n) is 2.62. The SMILES string of the molecule is CCN[C@@H](Cc1ccccc1)c1ccco1. The monoisotopic (exact) mass is 215 g/mol. The van der Waals surface area contributed by atoms with Gasteiger partial charge in [0.05, 0.1) is 12.3 Å². The van der Waals surface area contributed by atoms with Gasteiger partial charge in [0.25, 0.3) is 0 Å². The molecule has 0 radical (unpaired) electrons. The first-order chi connectivity index (χ1) is 7.90. The molecule has 1 atom stereocenters. The Morgan fingerprint density at radius 1 is 1.12 bits per heavy atom. The molecule has 1 aromatic carbocycles. The molecule has 0 bridgehead atoms. The Morgan fingerprint density at radius 2 is 1.94 bits per heavy atom. The van der Waals surface area contributed by atoms with E-state index in [1.165, 1.54) is 5.56 Å². The van der Waals surface area contributed by atoms with Gasteiger partial charge < -0.3 is 9.73 Å². The minimum Gasteiger partial charge on any atom is -0.468 e. The fraction of sp³-hybridized carbons (Fsp3) is 0.286. The lowest BCUT2D eigenvalue weighted by Gasteiger charge is -2.15. The molecular weight excluding hydrogens is 198 g/mol. The first-order valence-corrected chi connectivity index (χ1v) is 5.71. The summed E-state index contributed by atoms with van der Waals surface area (Å²) in [4.78, 5) is 0. The van der Waals surface area contributed by atoms with Gasteiger partial charge in [-0.05, 0) is 30.7 Å². The van der Waals surface area contributed by atoms with E-state index < -0.39 is 0 Å². The second-order valence-corrected chi connectivity index (χ2v) is 3.82. The van der Waals surface area contributed by atoms with Crippen LogP contribution in [0.2, 0.25) is 0 Å². The molecule has 0 aliphatic heterocycles. The van der Waals surface area contributed by atoms with E-state index in [2.05, 4.69) is 36.5 Å². The zero-order chi connectivity index (χ0) is 11.2. The van der Waals surface area contributed by atoms with E-state index in [1.54, 1.807) is 6.26 Å². The highest BCUT2D eigenvalue weighted by Crippen LogP contribution is 2.18. The number of furan rings is 1. The summed E-state index contributed by atoms with van der Waals surface area (Å²) in [6.45, 7) is 3.05. The van der Waals surface area contributed by atoms with Crippen LogP contribution in [-0.4, -0.2) is 6.54 Å². The number of nitrogens with one attached hydrogen (secondary N) is 1. The number of hydrogen-bond acceptors (Lipinski definition) is 2. The maximum absolute atomic E-state index is 5.46. The van der Waals surface area contributed by atoms with Crippen LogP contribution in [0.5, 0.6) is 0 Å². The van der Waals surface area contributed by atoms with E-state index in [-0.39, 0.29) is 6.04 Å². The van der Waals surface area contributed by atoms with Crippen molar-refractivity contribution in [3.63, 3.8) is 0 Å². The normalized spacial score (nSPS) is 12.6. The minimum absolute atomic E-state index is 0.266. The molecule has 0 saturated carbocycles. The summed E-state index contributed by atoms with van der Waals surface area (Å²) in [6, 6.07) is 14.7. The van der Waals surface area contributed by atoms with E-state index >= 15 is 0 Å². The summed E-state index contributed by atoms with van der Waals surface area (Å²) < 4.78 is 5.46. The van der Waals surface area contributed by atoms with Crippen LogP contribution >= 0.6 is 0 Å².